The van der Waals surface area contributed by atoms with Crippen LogP contribution in [-0.4, -0.2) is 84.7 Å². The average molecular weight is 648 g/mol. The second-order valence-corrected chi connectivity index (χ2v) is 13.0. The SMILES string of the molecule is CC(C)(C)OC(=O)N1CCCC(CBr)C1.CC(C)(C)OC(=O)N1CCCC(Cn2cc(F)cn2)C1.Fc1cn[nH]c1. The van der Waals surface area contributed by atoms with Crippen molar-refractivity contribution >= 4 is 28.1 Å². The van der Waals surface area contributed by atoms with E-state index >= 15 is 0 Å². The number of hydrogen-bond acceptors (Lipinski definition) is 6. The third-order valence-corrected chi connectivity index (χ3v) is 6.99. The first-order chi connectivity index (χ1) is 19.1. The molecule has 2 fully saturated rings. The maximum atomic E-state index is 12.9. The van der Waals surface area contributed by atoms with Gasteiger partial charge in [-0.3, -0.25) is 9.78 Å². The van der Waals surface area contributed by atoms with Crippen molar-refractivity contribution in [3.05, 3.63) is 36.4 Å². The number of piperidine rings is 2. The molecule has 0 radical (unpaired) electrons. The number of ether oxygens (including phenoxy) is 2. The van der Waals surface area contributed by atoms with E-state index in [1.165, 1.54) is 25.0 Å². The van der Waals surface area contributed by atoms with E-state index in [2.05, 4.69) is 31.2 Å². The van der Waals surface area contributed by atoms with Crippen molar-refractivity contribution in [1.82, 2.24) is 29.8 Å². The second kappa shape index (κ2) is 16.1. The maximum Gasteiger partial charge on any atom is 0.410 e. The Bertz CT molecular complexity index is 1050. The third-order valence-electron chi connectivity index (χ3n) is 6.07. The van der Waals surface area contributed by atoms with Gasteiger partial charge in [0.2, 0.25) is 0 Å². The molecule has 232 valence electrons. The van der Waals surface area contributed by atoms with Crippen LogP contribution in [0.3, 0.4) is 0 Å². The number of halogens is 3. The van der Waals surface area contributed by atoms with Gasteiger partial charge in [0.1, 0.15) is 11.2 Å². The summed E-state index contributed by atoms with van der Waals surface area (Å²) in [5.41, 5.74) is -0.867. The molecule has 0 bridgehead atoms. The van der Waals surface area contributed by atoms with E-state index in [1.807, 2.05) is 46.4 Å². The number of aromatic amines is 1. The van der Waals surface area contributed by atoms with Gasteiger partial charge in [-0.15, -0.1) is 0 Å². The molecule has 41 heavy (non-hydrogen) atoms. The lowest BCUT2D eigenvalue weighted by molar-refractivity contribution is 0.0152. The van der Waals surface area contributed by atoms with Gasteiger partial charge in [0.15, 0.2) is 11.6 Å². The maximum absolute atomic E-state index is 12.9. The molecule has 0 aliphatic carbocycles. The number of rotatable bonds is 3. The van der Waals surface area contributed by atoms with Crippen molar-refractivity contribution in [2.24, 2.45) is 11.8 Å². The predicted molar refractivity (Wildman–Crippen MR) is 156 cm³/mol. The van der Waals surface area contributed by atoms with Gasteiger partial charge in [0.05, 0.1) is 24.8 Å². The van der Waals surface area contributed by atoms with Crippen molar-refractivity contribution in [1.29, 1.82) is 0 Å². The summed E-state index contributed by atoms with van der Waals surface area (Å²) in [4.78, 5) is 27.4. The van der Waals surface area contributed by atoms with Crippen LogP contribution in [0.5, 0.6) is 0 Å². The summed E-state index contributed by atoms with van der Waals surface area (Å²) in [6.07, 6.45) is 8.66. The van der Waals surface area contributed by atoms with E-state index in [-0.39, 0.29) is 29.7 Å². The van der Waals surface area contributed by atoms with Gasteiger partial charge in [-0.05, 0) is 79.1 Å². The summed E-state index contributed by atoms with van der Waals surface area (Å²) < 4.78 is 36.8. The molecule has 4 rings (SSSR count). The second-order valence-electron chi connectivity index (χ2n) is 12.3. The van der Waals surface area contributed by atoms with Crippen molar-refractivity contribution in [2.45, 2.75) is 85.0 Å². The first-order valence-electron chi connectivity index (χ1n) is 14.0. The highest BCUT2D eigenvalue weighted by atomic mass is 79.9. The minimum absolute atomic E-state index is 0.173. The summed E-state index contributed by atoms with van der Waals surface area (Å²) >= 11 is 3.47. The molecule has 13 heteroatoms. The molecule has 2 atom stereocenters. The highest BCUT2D eigenvalue weighted by Crippen LogP contribution is 2.22. The summed E-state index contributed by atoms with van der Waals surface area (Å²) in [7, 11) is 0. The monoisotopic (exact) mass is 646 g/mol. The summed E-state index contributed by atoms with van der Waals surface area (Å²) in [6.45, 7) is 14.9. The van der Waals surface area contributed by atoms with E-state index in [4.69, 9.17) is 9.47 Å². The fourth-order valence-electron chi connectivity index (χ4n) is 4.33. The first-order valence-corrected chi connectivity index (χ1v) is 15.1. The average Bonchev–Trinajstić information content (AvgIpc) is 3.53. The fraction of sp³-hybridized carbons (Fsp3) is 0.714. The van der Waals surface area contributed by atoms with Crippen LogP contribution in [0.2, 0.25) is 0 Å². The number of carbonyl (C=O) groups excluding carboxylic acids is 2. The highest BCUT2D eigenvalue weighted by Gasteiger charge is 2.28. The minimum atomic E-state index is -0.477. The van der Waals surface area contributed by atoms with Gasteiger partial charge >= 0.3 is 12.2 Å². The van der Waals surface area contributed by atoms with Gasteiger partial charge in [0, 0.05) is 38.1 Å². The molecule has 1 N–H and O–H groups in total. The van der Waals surface area contributed by atoms with E-state index < -0.39 is 11.2 Å². The molecule has 2 aromatic heterocycles. The van der Waals surface area contributed by atoms with E-state index in [9.17, 15) is 18.4 Å². The summed E-state index contributed by atoms with van der Waals surface area (Å²) in [6, 6.07) is 0. The number of H-pyrrole nitrogens is 1. The quantitative estimate of drug-likeness (QED) is 0.395. The molecule has 2 aromatic rings. The lowest BCUT2D eigenvalue weighted by Crippen LogP contribution is -2.43. The Morgan fingerprint density at radius 3 is 1.85 bits per heavy atom. The number of aromatic nitrogens is 4. The molecule has 2 aliphatic heterocycles. The number of carbonyl (C=O) groups is 2. The van der Waals surface area contributed by atoms with Crippen molar-refractivity contribution in [2.75, 3.05) is 31.5 Å². The topological polar surface area (TPSA) is 106 Å². The molecule has 2 saturated heterocycles. The van der Waals surface area contributed by atoms with Crippen LogP contribution in [0.4, 0.5) is 18.4 Å². The molecule has 2 amide bonds. The van der Waals surface area contributed by atoms with Gasteiger partial charge < -0.3 is 19.3 Å². The van der Waals surface area contributed by atoms with Crippen LogP contribution in [0.15, 0.2) is 24.8 Å². The fourth-order valence-corrected chi connectivity index (χ4v) is 4.86. The summed E-state index contributed by atoms with van der Waals surface area (Å²) in [5.74, 6) is 0.210. The smallest absolute Gasteiger partial charge is 0.410 e. The Kier molecular flexibility index (Phi) is 13.5. The zero-order valence-corrected chi connectivity index (χ0v) is 26.6. The Morgan fingerprint density at radius 1 is 0.927 bits per heavy atom. The Morgan fingerprint density at radius 2 is 1.46 bits per heavy atom. The number of likely N-dealkylation sites (tertiary alicyclic amines) is 2. The number of amides is 2. The number of alkyl halides is 1. The van der Waals surface area contributed by atoms with Gasteiger partial charge in [0.25, 0.3) is 0 Å². The highest BCUT2D eigenvalue weighted by molar-refractivity contribution is 9.09. The van der Waals surface area contributed by atoms with E-state index in [0.717, 1.165) is 50.4 Å². The molecule has 0 saturated carbocycles. The Balaban J connectivity index is 0.000000245. The van der Waals surface area contributed by atoms with Gasteiger partial charge in [-0.25, -0.2) is 18.4 Å². The van der Waals surface area contributed by atoms with Gasteiger partial charge in [-0.2, -0.15) is 10.2 Å². The van der Waals surface area contributed by atoms with Crippen molar-refractivity contribution in [3.8, 4) is 0 Å². The minimum Gasteiger partial charge on any atom is -0.444 e. The van der Waals surface area contributed by atoms with Crippen molar-refractivity contribution in [3.63, 3.8) is 0 Å². The molecule has 0 aromatic carbocycles. The van der Waals surface area contributed by atoms with Crippen LogP contribution in [0.25, 0.3) is 0 Å². The van der Waals surface area contributed by atoms with Crippen LogP contribution in [-0.2, 0) is 16.0 Å². The van der Waals surface area contributed by atoms with E-state index in [1.54, 1.807) is 9.58 Å². The molecular formula is C28H45BrF2N6O4. The lowest BCUT2D eigenvalue weighted by atomic mass is 9.98. The lowest BCUT2D eigenvalue weighted by Gasteiger charge is -2.34. The normalized spacial score (nSPS) is 19.3. The first kappa shape index (κ1) is 34.5. The molecule has 2 aliphatic rings. The number of hydrogen-bond donors (Lipinski definition) is 1. The third kappa shape index (κ3) is 14.2. The largest absolute Gasteiger partial charge is 0.444 e. The standard InChI is InChI=1S/C14H22FN3O2.C11H20BrNO2.C3H3FN2/c1-14(2,3)20-13(19)17-6-4-5-11(8-17)9-18-10-12(15)7-16-18;1-11(2,3)15-10(14)13-6-4-5-9(7-12)8-13;4-3-1-5-6-2-3/h7,10-11H,4-6,8-9H2,1-3H3;9H,4-8H2,1-3H3;1-2H,(H,5,6). The Labute approximate surface area is 250 Å². The zero-order valence-electron chi connectivity index (χ0n) is 25.0. The molecule has 0 spiro atoms. The van der Waals surface area contributed by atoms with E-state index in [0.29, 0.717) is 19.0 Å². The molecule has 10 nitrogen and oxygen atoms in total. The van der Waals surface area contributed by atoms with Crippen LogP contribution < -0.4 is 0 Å². The van der Waals surface area contributed by atoms with Crippen LogP contribution >= 0.6 is 15.9 Å². The Hall–Kier alpha value is -2.70. The van der Waals surface area contributed by atoms with Crippen LogP contribution in [0, 0.1) is 23.5 Å². The zero-order chi connectivity index (χ0) is 30.6. The summed E-state index contributed by atoms with van der Waals surface area (Å²) in [5, 5.41) is 10.5. The van der Waals surface area contributed by atoms with Gasteiger partial charge in [-0.1, -0.05) is 15.9 Å². The number of nitrogens with one attached hydrogen (secondary N) is 1. The number of nitrogens with zero attached hydrogens (tertiary/aromatic N) is 5. The molecule has 2 unspecified atom stereocenters. The predicted octanol–water partition coefficient (Wildman–Crippen LogP) is 6.25. The van der Waals surface area contributed by atoms with Crippen LogP contribution in [0.1, 0.15) is 67.2 Å². The molecule has 4 heterocycles. The molecular weight excluding hydrogens is 602 g/mol. The van der Waals surface area contributed by atoms with Crippen molar-refractivity contribution < 1.29 is 27.8 Å².